The van der Waals surface area contributed by atoms with E-state index in [9.17, 15) is 0 Å². The van der Waals surface area contributed by atoms with Crippen LogP contribution in [0.1, 0.15) is 276 Å². The van der Waals surface area contributed by atoms with Crippen molar-refractivity contribution in [2.24, 2.45) is 0 Å². The lowest BCUT2D eigenvalue weighted by Crippen LogP contribution is -2.72. The highest BCUT2D eigenvalue weighted by atomic mass is 16.9. The van der Waals surface area contributed by atoms with Crippen molar-refractivity contribution in [1.82, 2.24) is 5.32 Å². The zero-order valence-electron chi connectivity index (χ0n) is 50.3. The van der Waals surface area contributed by atoms with Gasteiger partial charge in [-0.15, -0.1) is 0 Å². The Bertz CT molecular complexity index is 1010. The zero-order chi connectivity index (χ0) is 54.0. The van der Waals surface area contributed by atoms with E-state index in [4.69, 9.17) is 56.8 Å². The second-order valence-electron chi connectivity index (χ2n) is 19.3. The minimum Gasteiger partial charge on any atom is -0.371 e. The summed E-state index contributed by atoms with van der Waals surface area (Å²) in [6.45, 7) is 30.5. The van der Waals surface area contributed by atoms with Crippen molar-refractivity contribution in [3.63, 3.8) is 0 Å². The van der Waals surface area contributed by atoms with E-state index in [1.165, 1.54) is 128 Å². The molecule has 0 aliphatic rings. The van der Waals surface area contributed by atoms with Crippen LogP contribution in [-0.4, -0.2) is 115 Å². The summed E-state index contributed by atoms with van der Waals surface area (Å²) in [5, 5.41) is 3.72. The van der Waals surface area contributed by atoms with Gasteiger partial charge in [-0.2, -0.15) is 0 Å². The van der Waals surface area contributed by atoms with Crippen molar-refractivity contribution in [2.45, 2.75) is 312 Å². The van der Waals surface area contributed by atoms with Crippen LogP contribution in [0.3, 0.4) is 0 Å². The molecule has 0 aliphatic heterocycles. The molecule has 0 fully saturated rings. The lowest BCUT2D eigenvalue weighted by Gasteiger charge is -2.48. The second-order valence-corrected chi connectivity index (χ2v) is 19.3. The Morgan fingerprint density at radius 1 is 0.233 bits per heavy atom. The molecule has 0 spiro atoms. The summed E-state index contributed by atoms with van der Waals surface area (Å²) in [7, 11) is 0. The third kappa shape index (κ3) is 33.5. The molecule has 0 saturated carbocycles. The summed E-state index contributed by atoms with van der Waals surface area (Å²) in [5.74, 6) is -4.31. The summed E-state index contributed by atoms with van der Waals surface area (Å²) < 4.78 is 74.9. The number of rotatable bonds is 60. The minimum atomic E-state index is -1.29. The first-order valence-electron chi connectivity index (χ1n) is 31.1. The van der Waals surface area contributed by atoms with Gasteiger partial charge < -0.3 is 56.8 Å². The molecule has 1 N–H and O–H groups in total. The Kier molecular flexibility index (Phi) is 49.4. The van der Waals surface area contributed by atoms with E-state index >= 15 is 0 Å². The molecule has 13 nitrogen and oxygen atoms in total. The third-order valence-corrected chi connectivity index (χ3v) is 13.5. The molecular formula is C60H123NO12. The first-order chi connectivity index (χ1) is 35.6. The molecule has 0 amide bonds. The average molecular weight is 1050 g/mol. The van der Waals surface area contributed by atoms with Crippen LogP contribution in [0.2, 0.25) is 0 Å². The predicted molar refractivity (Wildman–Crippen MR) is 300 cm³/mol. The van der Waals surface area contributed by atoms with Gasteiger partial charge in [-0.05, 0) is 109 Å². The molecule has 0 aliphatic carbocycles. The molecular weight excluding hydrogens is 927 g/mol. The smallest absolute Gasteiger partial charge is 0.282 e. The number of ether oxygens (including phenoxy) is 12. The summed E-state index contributed by atoms with van der Waals surface area (Å²) in [6, 6.07) is 0. The largest absolute Gasteiger partial charge is 0.371 e. The second kappa shape index (κ2) is 49.8. The normalized spacial score (nSPS) is 13.6. The first kappa shape index (κ1) is 72.5. The Morgan fingerprint density at radius 3 is 0.616 bits per heavy atom. The van der Waals surface area contributed by atoms with Gasteiger partial charge >= 0.3 is 0 Å². The number of nitrogens with one attached hydrogen (secondary N) is 1. The number of unbranched alkanes of at least 4 members (excludes halogenated alkanes) is 24. The molecule has 2 atom stereocenters. The molecule has 0 heterocycles. The molecule has 0 aromatic heterocycles. The van der Waals surface area contributed by atoms with Gasteiger partial charge in [0.1, 0.15) is 12.2 Å². The van der Waals surface area contributed by atoms with Gasteiger partial charge in [-0.1, -0.05) is 154 Å². The predicted octanol–water partition coefficient (Wildman–Crippen LogP) is 16.1. The molecule has 0 radical (unpaired) electrons. The van der Waals surface area contributed by atoms with Crippen molar-refractivity contribution in [1.29, 1.82) is 0 Å². The maximum Gasteiger partial charge on any atom is 0.282 e. The van der Waals surface area contributed by atoms with E-state index in [0.29, 0.717) is 79.3 Å². The average Bonchev–Trinajstić information content (AvgIpc) is 3.36. The third-order valence-electron chi connectivity index (χ3n) is 13.5. The van der Waals surface area contributed by atoms with E-state index < -0.39 is 23.8 Å². The lowest BCUT2D eigenvalue weighted by atomic mass is 10.0. The van der Waals surface area contributed by atoms with Gasteiger partial charge in [-0.25, -0.2) is 5.32 Å². The number of hydrogen-bond donors (Lipinski definition) is 1. The fraction of sp³-hybridized carbons (Fsp3) is 1.00. The Hall–Kier alpha value is -0.520. The standard InChI is InChI=1S/C60H123NO12/c1-13-62-55(51-47-43-39-35-31-27-25-29-33-37-41-45-49-53-57(64-15-3,65-16-4)66-17-5)59(70-21-9,71-22-10)61-60(72-23-11,73-24-12)56(63-14-2)52-48-44-40-36-32-28-26-30-34-38-42-46-50-54-58(67-18-6,68-19-7)69-20-8/h55-56,61H,13-54H2,1-12H3. The topological polar surface area (TPSA) is 123 Å². The van der Waals surface area contributed by atoms with E-state index in [-0.39, 0.29) is 12.2 Å². The minimum absolute atomic E-state index is 0.375. The first-order valence-corrected chi connectivity index (χ1v) is 31.1. The van der Waals surface area contributed by atoms with Crippen molar-refractivity contribution >= 4 is 0 Å². The van der Waals surface area contributed by atoms with Gasteiger partial charge in [0, 0.05) is 92.1 Å². The van der Waals surface area contributed by atoms with Gasteiger partial charge in [-0.3, -0.25) is 0 Å². The molecule has 2 unspecified atom stereocenters. The molecule has 0 aromatic carbocycles. The maximum atomic E-state index is 6.63. The summed E-state index contributed by atoms with van der Waals surface area (Å²) in [4.78, 5) is 0. The lowest BCUT2D eigenvalue weighted by molar-refractivity contribution is -0.388. The van der Waals surface area contributed by atoms with E-state index in [1.807, 2.05) is 83.1 Å². The Balaban J connectivity index is 5.03. The van der Waals surface area contributed by atoms with Crippen LogP contribution >= 0.6 is 0 Å². The van der Waals surface area contributed by atoms with E-state index in [1.54, 1.807) is 0 Å². The molecule has 440 valence electrons. The summed E-state index contributed by atoms with van der Waals surface area (Å²) in [5.41, 5.74) is 0. The molecule has 0 aromatic rings. The van der Waals surface area contributed by atoms with Crippen LogP contribution < -0.4 is 5.32 Å². The summed E-state index contributed by atoms with van der Waals surface area (Å²) in [6.07, 6.45) is 34.4. The monoisotopic (exact) mass is 1050 g/mol. The van der Waals surface area contributed by atoms with Gasteiger partial charge in [0.25, 0.3) is 23.8 Å². The highest BCUT2D eigenvalue weighted by Crippen LogP contribution is 2.33. The van der Waals surface area contributed by atoms with Crippen molar-refractivity contribution in [2.75, 3.05) is 79.3 Å². The van der Waals surface area contributed by atoms with Crippen LogP contribution in [0.25, 0.3) is 0 Å². The Morgan fingerprint density at radius 2 is 0.425 bits per heavy atom. The van der Waals surface area contributed by atoms with Gasteiger partial charge in [0.05, 0.1) is 0 Å². The van der Waals surface area contributed by atoms with Gasteiger partial charge in [0.15, 0.2) is 0 Å². The molecule has 0 rings (SSSR count). The van der Waals surface area contributed by atoms with Gasteiger partial charge in [0.2, 0.25) is 0 Å². The molecule has 0 saturated heterocycles. The Labute approximate surface area is 451 Å². The van der Waals surface area contributed by atoms with Crippen molar-refractivity contribution in [3.8, 4) is 0 Å². The molecule has 13 heteroatoms. The van der Waals surface area contributed by atoms with Crippen LogP contribution in [-0.2, 0) is 56.8 Å². The fourth-order valence-electron chi connectivity index (χ4n) is 10.3. The quantitative estimate of drug-likeness (QED) is 0.0460. The van der Waals surface area contributed by atoms with Crippen LogP contribution in [0.15, 0.2) is 0 Å². The highest BCUT2D eigenvalue weighted by molar-refractivity contribution is 4.89. The number of hydrogen-bond acceptors (Lipinski definition) is 13. The summed E-state index contributed by atoms with van der Waals surface area (Å²) >= 11 is 0. The fourth-order valence-corrected chi connectivity index (χ4v) is 10.3. The van der Waals surface area contributed by atoms with E-state index in [2.05, 4.69) is 5.32 Å². The SMILES string of the molecule is CCOC(CCCCCCCCCCCCCCCC(OCC)(OCC)OCC)C(NC(OCC)(OCC)C(CCCCCCCCCCCCCCCC(OCC)(OCC)OCC)OCC)(OCC)OCC. The zero-order valence-corrected chi connectivity index (χ0v) is 50.3. The van der Waals surface area contributed by atoms with Crippen LogP contribution in [0, 0.1) is 0 Å². The molecule has 0 bridgehead atoms. The molecule has 73 heavy (non-hydrogen) atoms. The highest BCUT2D eigenvalue weighted by Gasteiger charge is 2.53. The van der Waals surface area contributed by atoms with E-state index in [0.717, 1.165) is 64.2 Å². The van der Waals surface area contributed by atoms with Crippen molar-refractivity contribution in [3.05, 3.63) is 0 Å². The van der Waals surface area contributed by atoms with Crippen LogP contribution in [0.5, 0.6) is 0 Å². The maximum absolute atomic E-state index is 6.63. The van der Waals surface area contributed by atoms with Crippen molar-refractivity contribution < 1.29 is 56.8 Å². The van der Waals surface area contributed by atoms with Crippen LogP contribution in [0.4, 0.5) is 0 Å².